The van der Waals surface area contributed by atoms with Crippen molar-refractivity contribution in [2.75, 3.05) is 18.8 Å². The molecule has 1 nitrogen and oxygen atoms in total. The van der Waals surface area contributed by atoms with Gasteiger partial charge < -0.3 is 0 Å². The van der Waals surface area contributed by atoms with Crippen molar-refractivity contribution >= 4 is 15.8 Å². The third-order valence-corrected chi connectivity index (χ3v) is 7.62. The summed E-state index contributed by atoms with van der Waals surface area (Å²) in [5.41, 5.74) is 2.75. The van der Waals surface area contributed by atoms with E-state index in [9.17, 15) is 0 Å². The molecule has 1 heterocycles. The number of rotatable bonds is 7. The average molecular weight is 289 g/mol. The van der Waals surface area contributed by atoms with Crippen LogP contribution in [0.15, 0.2) is 47.2 Å². The minimum Gasteiger partial charge on any atom is -0.261 e. The first kappa shape index (κ1) is 15.4. The van der Waals surface area contributed by atoms with Crippen LogP contribution in [0.4, 0.5) is 0 Å². The maximum atomic E-state index is 2.66. The molecule has 1 atom stereocenters. The second kappa shape index (κ2) is 7.14. The van der Waals surface area contributed by atoms with Crippen LogP contribution in [0.2, 0.25) is 0 Å². The monoisotopic (exact) mass is 289 g/mol. The van der Waals surface area contributed by atoms with Crippen molar-refractivity contribution in [1.29, 1.82) is 0 Å². The molecule has 0 bridgehead atoms. The van der Waals surface area contributed by atoms with Gasteiger partial charge in [0.05, 0.1) is 0 Å². The Hall–Kier alpha value is -0.990. The third-order valence-electron chi connectivity index (χ3n) is 3.93. The summed E-state index contributed by atoms with van der Waals surface area (Å²) in [7, 11) is -0.871. The summed E-state index contributed by atoms with van der Waals surface area (Å²) in [6.07, 6.45) is 4.94. The largest absolute Gasteiger partial charge is 0.261 e. The quantitative estimate of drug-likeness (QED) is 0.648. The van der Waals surface area contributed by atoms with E-state index in [1.54, 1.807) is 0 Å². The second-order valence-electron chi connectivity index (χ2n) is 5.22. The minimum atomic E-state index is -0.871. The van der Waals surface area contributed by atoms with Crippen LogP contribution in [0.5, 0.6) is 0 Å². The Morgan fingerprint density at radius 1 is 1.00 bits per heavy atom. The Morgan fingerprint density at radius 2 is 1.70 bits per heavy atom. The Balaban J connectivity index is 2.31. The zero-order chi connectivity index (χ0) is 14.4. The molecule has 0 amide bonds. The number of allylic oxidation sites excluding steroid dienone is 2. The van der Waals surface area contributed by atoms with Gasteiger partial charge >= 0.3 is 0 Å². The predicted molar refractivity (Wildman–Crippen MR) is 93.8 cm³/mol. The fourth-order valence-corrected chi connectivity index (χ4v) is 6.44. The highest BCUT2D eigenvalue weighted by molar-refractivity contribution is 8.36. The minimum absolute atomic E-state index is 0.871. The van der Waals surface area contributed by atoms with Crippen molar-refractivity contribution in [1.82, 2.24) is 4.31 Å². The molecule has 0 N–H and O–H groups in total. The van der Waals surface area contributed by atoms with Gasteiger partial charge in [0.1, 0.15) is 0 Å². The first-order valence-corrected chi connectivity index (χ1v) is 9.65. The van der Waals surface area contributed by atoms with Gasteiger partial charge in [-0.2, -0.15) is 0 Å². The molecule has 0 aliphatic carbocycles. The number of hydrogen-bond donors (Lipinski definition) is 0. The summed E-state index contributed by atoms with van der Waals surface area (Å²) < 4.78 is 2.66. The van der Waals surface area contributed by atoms with Gasteiger partial charge in [0.2, 0.25) is 0 Å². The molecule has 0 spiro atoms. The first-order chi connectivity index (χ1) is 9.75. The summed E-state index contributed by atoms with van der Waals surface area (Å²) >= 11 is 0. The molecule has 2 rings (SSSR count). The maximum Gasteiger partial charge on any atom is 0.00517 e. The van der Waals surface area contributed by atoms with E-state index >= 15 is 0 Å². The number of hydrogen-bond acceptors (Lipinski definition) is 1. The zero-order valence-corrected chi connectivity index (χ0v) is 13.8. The molecule has 110 valence electrons. The SMILES string of the molecule is CCCCS1(N(CC)CC)C=CC(c2ccccc2)=C1. The number of benzene rings is 1. The Bertz CT molecular complexity index is 473. The first-order valence-electron chi connectivity index (χ1n) is 7.77. The molecule has 0 saturated heterocycles. The molecule has 1 aliphatic rings. The molecule has 0 fully saturated rings. The van der Waals surface area contributed by atoms with Gasteiger partial charge in [-0.05, 0) is 40.2 Å². The van der Waals surface area contributed by atoms with E-state index in [-0.39, 0.29) is 0 Å². The van der Waals surface area contributed by atoms with Crippen molar-refractivity contribution in [3.05, 3.63) is 52.8 Å². The van der Waals surface area contributed by atoms with Crippen LogP contribution in [0.1, 0.15) is 39.2 Å². The highest BCUT2D eigenvalue weighted by Crippen LogP contribution is 2.60. The molecule has 1 aromatic rings. The fraction of sp³-hybridized carbons (Fsp3) is 0.444. The lowest BCUT2D eigenvalue weighted by atomic mass is 10.1. The van der Waals surface area contributed by atoms with Crippen molar-refractivity contribution in [2.45, 2.75) is 33.6 Å². The predicted octanol–water partition coefficient (Wildman–Crippen LogP) is 5.42. The Morgan fingerprint density at radius 3 is 2.30 bits per heavy atom. The lowest BCUT2D eigenvalue weighted by Crippen LogP contribution is -2.26. The topological polar surface area (TPSA) is 3.24 Å². The van der Waals surface area contributed by atoms with E-state index in [0.717, 1.165) is 13.1 Å². The summed E-state index contributed by atoms with van der Waals surface area (Å²) in [5, 5.41) is 5.06. The lowest BCUT2D eigenvalue weighted by molar-refractivity contribution is 0.514. The molecule has 0 radical (unpaired) electrons. The van der Waals surface area contributed by atoms with Gasteiger partial charge in [0.15, 0.2) is 0 Å². The van der Waals surface area contributed by atoms with Crippen LogP contribution in [-0.4, -0.2) is 23.1 Å². The molecular weight excluding hydrogens is 262 g/mol. The standard InChI is InChI=1S/C18H27NS/c1-4-7-14-20(19(5-2)6-3)15-13-18(16-20)17-11-9-8-10-12-17/h8-13,15-16H,4-7,14H2,1-3H3. The molecule has 1 unspecified atom stereocenters. The summed E-state index contributed by atoms with van der Waals surface area (Å²) in [4.78, 5) is 0. The van der Waals surface area contributed by atoms with Crippen LogP contribution in [-0.2, 0) is 0 Å². The van der Waals surface area contributed by atoms with Crippen LogP contribution in [0.25, 0.3) is 5.57 Å². The molecule has 1 aliphatic heterocycles. The van der Waals surface area contributed by atoms with Crippen molar-refractivity contribution in [2.24, 2.45) is 0 Å². The van der Waals surface area contributed by atoms with Crippen molar-refractivity contribution < 1.29 is 0 Å². The van der Waals surface area contributed by atoms with E-state index in [4.69, 9.17) is 0 Å². The van der Waals surface area contributed by atoms with E-state index in [0.29, 0.717) is 0 Å². The van der Waals surface area contributed by atoms with E-state index in [2.05, 4.69) is 72.3 Å². The summed E-state index contributed by atoms with van der Waals surface area (Å²) in [6.45, 7) is 9.13. The molecule has 0 saturated carbocycles. The summed E-state index contributed by atoms with van der Waals surface area (Å²) in [6, 6.07) is 10.8. The highest BCUT2D eigenvalue weighted by Gasteiger charge is 2.28. The number of unbranched alkanes of at least 4 members (excludes halogenated alkanes) is 1. The highest BCUT2D eigenvalue weighted by atomic mass is 32.3. The van der Waals surface area contributed by atoms with Gasteiger partial charge in [-0.3, -0.25) is 4.31 Å². The van der Waals surface area contributed by atoms with Gasteiger partial charge in [-0.15, -0.1) is 10.2 Å². The van der Waals surface area contributed by atoms with Crippen LogP contribution in [0.3, 0.4) is 0 Å². The average Bonchev–Trinajstić information content (AvgIpc) is 2.93. The van der Waals surface area contributed by atoms with Crippen LogP contribution < -0.4 is 0 Å². The van der Waals surface area contributed by atoms with Gasteiger partial charge in [-0.25, -0.2) is 0 Å². The smallest absolute Gasteiger partial charge is 0.00517 e. The molecular formula is C18H27NS. The van der Waals surface area contributed by atoms with Crippen molar-refractivity contribution in [3.8, 4) is 0 Å². The second-order valence-corrected chi connectivity index (χ2v) is 8.27. The van der Waals surface area contributed by atoms with E-state index in [1.165, 1.54) is 29.7 Å². The van der Waals surface area contributed by atoms with Gasteiger partial charge in [0, 0.05) is 13.1 Å². The number of nitrogens with zero attached hydrogens (tertiary/aromatic N) is 1. The molecule has 1 aromatic carbocycles. The van der Waals surface area contributed by atoms with Gasteiger partial charge in [0.25, 0.3) is 0 Å². The van der Waals surface area contributed by atoms with E-state index < -0.39 is 10.2 Å². The van der Waals surface area contributed by atoms with Crippen molar-refractivity contribution in [3.63, 3.8) is 0 Å². The summed E-state index contributed by atoms with van der Waals surface area (Å²) in [5.74, 6) is 1.30. The fourth-order valence-electron chi connectivity index (χ4n) is 2.78. The normalized spacial score (nSPS) is 24.7. The zero-order valence-electron chi connectivity index (χ0n) is 13.0. The molecule has 0 aromatic heterocycles. The van der Waals surface area contributed by atoms with Crippen LogP contribution in [0, 0.1) is 0 Å². The van der Waals surface area contributed by atoms with Gasteiger partial charge in [-0.1, -0.05) is 57.5 Å². The Labute approximate surface area is 125 Å². The van der Waals surface area contributed by atoms with E-state index in [1.807, 2.05) is 0 Å². The molecule has 20 heavy (non-hydrogen) atoms. The maximum absolute atomic E-state index is 2.66. The Kier molecular flexibility index (Phi) is 5.50. The third kappa shape index (κ3) is 3.18. The van der Waals surface area contributed by atoms with Crippen LogP contribution >= 0.6 is 10.2 Å². The molecule has 2 heteroatoms. The lowest BCUT2D eigenvalue weighted by Gasteiger charge is -2.42.